The molecule has 25 heavy (non-hydrogen) atoms. The molecule has 2 aliphatic rings. The van der Waals surface area contributed by atoms with E-state index < -0.39 is 0 Å². The molecule has 0 aliphatic carbocycles. The molecule has 1 unspecified atom stereocenters. The maximum atomic E-state index is 12.7. The van der Waals surface area contributed by atoms with Crippen LogP contribution in [0.25, 0.3) is 0 Å². The van der Waals surface area contributed by atoms with E-state index in [9.17, 15) is 4.79 Å². The molecule has 1 N–H and O–H groups in total. The maximum absolute atomic E-state index is 12.7. The predicted molar refractivity (Wildman–Crippen MR) is 101 cm³/mol. The number of fused-ring (bicyclic) bond motifs is 2. The van der Waals surface area contributed by atoms with E-state index in [1.807, 2.05) is 7.05 Å². The van der Waals surface area contributed by atoms with Gasteiger partial charge in [0.2, 0.25) is 5.91 Å². The Balaban J connectivity index is 1.33. The van der Waals surface area contributed by atoms with E-state index >= 15 is 0 Å². The summed E-state index contributed by atoms with van der Waals surface area (Å²) in [6.07, 6.45) is 1.90. The second-order valence-electron chi connectivity index (χ2n) is 7.06. The van der Waals surface area contributed by atoms with Crippen molar-refractivity contribution in [3.63, 3.8) is 0 Å². The number of amides is 1. The van der Waals surface area contributed by atoms with Crippen LogP contribution in [0.15, 0.2) is 48.5 Å². The summed E-state index contributed by atoms with van der Waals surface area (Å²) in [5, 5.41) is 3.15. The van der Waals surface area contributed by atoms with Crippen LogP contribution < -0.4 is 10.2 Å². The van der Waals surface area contributed by atoms with Crippen molar-refractivity contribution in [1.29, 1.82) is 0 Å². The van der Waals surface area contributed by atoms with Gasteiger partial charge in [0, 0.05) is 31.9 Å². The van der Waals surface area contributed by atoms with E-state index in [-0.39, 0.29) is 11.9 Å². The minimum Gasteiger partial charge on any atom is -0.369 e. The number of likely N-dealkylation sites (N-methyl/N-ethyl adjacent to an activating group) is 1. The lowest BCUT2D eigenvalue weighted by Gasteiger charge is -2.33. The highest BCUT2D eigenvalue weighted by atomic mass is 16.2. The van der Waals surface area contributed by atoms with Crippen LogP contribution in [0.4, 0.5) is 5.69 Å². The number of anilines is 1. The fraction of sp³-hybridized carbons (Fsp3) is 0.381. The maximum Gasteiger partial charge on any atom is 0.237 e. The highest BCUT2D eigenvalue weighted by Gasteiger charge is 2.28. The summed E-state index contributed by atoms with van der Waals surface area (Å²) < 4.78 is 0. The van der Waals surface area contributed by atoms with Crippen LogP contribution in [-0.4, -0.2) is 43.5 Å². The third-order valence-electron chi connectivity index (χ3n) is 5.45. The lowest BCUT2D eigenvalue weighted by molar-refractivity contribution is -0.126. The van der Waals surface area contributed by atoms with Crippen molar-refractivity contribution in [3.8, 4) is 0 Å². The van der Waals surface area contributed by atoms with Crippen molar-refractivity contribution >= 4 is 11.6 Å². The molecule has 1 atom stereocenters. The monoisotopic (exact) mass is 335 g/mol. The average Bonchev–Trinajstić information content (AvgIpc) is 3.04. The molecule has 2 aliphatic heterocycles. The summed E-state index contributed by atoms with van der Waals surface area (Å²) in [4.78, 5) is 17.2. The van der Waals surface area contributed by atoms with Gasteiger partial charge in [-0.05, 0) is 42.6 Å². The number of nitrogens with one attached hydrogen (secondary N) is 1. The van der Waals surface area contributed by atoms with Crippen molar-refractivity contribution in [2.24, 2.45) is 0 Å². The number of carbonyl (C=O) groups is 1. The molecule has 0 saturated heterocycles. The zero-order valence-electron chi connectivity index (χ0n) is 14.7. The first kappa shape index (κ1) is 16.2. The number of rotatable bonds is 4. The SMILES string of the molecule is CN1Cc2ccccc2CC1C(=O)NCCN1CCc2ccccc21. The Morgan fingerprint density at radius 1 is 1.08 bits per heavy atom. The molecule has 0 spiro atoms. The van der Waals surface area contributed by atoms with Crippen molar-refractivity contribution in [2.45, 2.75) is 25.4 Å². The van der Waals surface area contributed by atoms with Gasteiger partial charge in [0.05, 0.1) is 6.04 Å². The summed E-state index contributed by atoms with van der Waals surface area (Å²) in [5.41, 5.74) is 5.37. The third kappa shape index (κ3) is 3.27. The highest BCUT2D eigenvalue weighted by molar-refractivity contribution is 5.82. The van der Waals surface area contributed by atoms with Crippen LogP contribution in [0.3, 0.4) is 0 Å². The first-order valence-corrected chi connectivity index (χ1v) is 9.10. The predicted octanol–water partition coefficient (Wildman–Crippen LogP) is 2.22. The van der Waals surface area contributed by atoms with Crippen LogP contribution in [0.5, 0.6) is 0 Å². The molecule has 130 valence electrons. The lowest BCUT2D eigenvalue weighted by atomic mass is 9.94. The number of carbonyl (C=O) groups excluding carboxylic acids is 1. The van der Waals surface area contributed by atoms with Gasteiger partial charge in [-0.25, -0.2) is 0 Å². The summed E-state index contributed by atoms with van der Waals surface area (Å²) >= 11 is 0. The van der Waals surface area contributed by atoms with E-state index in [0.29, 0.717) is 6.54 Å². The highest BCUT2D eigenvalue weighted by Crippen LogP contribution is 2.26. The zero-order chi connectivity index (χ0) is 17.2. The second kappa shape index (κ2) is 6.89. The third-order valence-corrected chi connectivity index (χ3v) is 5.45. The Morgan fingerprint density at radius 2 is 1.80 bits per heavy atom. The summed E-state index contributed by atoms with van der Waals surface area (Å²) in [6.45, 7) is 3.45. The molecule has 4 rings (SSSR count). The van der Waals surface area contributed by atoms with Crippen LogP contribution in [0, 0.1) is 0 Å². The number of hydrogen-bond acceptors (Lipinski definition) is 3. The Bertz CT molecular complexity index is 773. The molecule has 0 bridgehead atoms. The first-order chi connectivity index (χ1) is 12.2. The number of nitrogens with zero attached hydrogens (tertiary/aromatic N) is 2. The van der Waals surface area contributed by atoms with Gasteiger partial charge in [0.25, 0.3) is 0 Å². The van der Waals surface area contributed by atoms with Crippen molar-refractivity contribution < 1.29 is 4.79 Å². The summed E-state index contributed by atoms with van der Waals surface area (Å²) in [5.74, 6) is 0.143. The molecule has 2 aromatic carbocycles. The zero-order valence-corrected chi connectivity index (χ0v) is 14.7. The van der Waals surface area contributed by atoms with E-state index in [0.717, 1.165) is 32.5 Å². The molecule has 0 radical (unpaired) electrons. The molecular formula is C21H25N3O. The van der Waals surface area contributed by atoms with Crippen LogP contribution in [0.1, 0.15) is 16.7 Å². The fourth-order valence-electron chi connectivity index (χ4n) is 4.02. The van der Waals surface area contributed by atoms with Gasteiger partial charge in [-0.15, -0.1) is 0 Å². The Kier molecular flexibility index (Phi) is 4.45. The van der Waals surface area contributed by atoms with Gasteiger partial charge < -0.3 is 10.2 Å². The van der Waals surface area contributed by atoms with Gasteiger partial charge in [-0.3, -0.25) is 9.69 Å². The van der Waals surface area contributed by atoms with E-state index in [1.54, 1.807) is 0 Å². The molecule has 2 heterocycles. The molecule has 2 aromatic rings. The number of benzene rings is 2. The van der Waals surface area contributed by atoms with E-state index in [4.69, 9.17) is 0 Å². The molecule has 0 aromatic heterocycles. The molecule has 4 nitrogen and oxygen atoms in total. The van der Waals surface area contributed by atoms with Gasteiger partial charge in [-0.1, -0.05) is 42.5 Å². The average molecular weight is 335 g/mol. The topological polar surface area (TPSA) is 35.6 Å². The quantitative estimate of drug-likeness (QED) is 0.931. The van der Waals surface area contributed by atoms with Crippen LogP contribution in [-0.2, 0) is 24.2 Å². The minimum absolute atomic E-state index is 0.0687. The van der Waals surface area contributed by atoms with Crippen molar-refractivity contribution in [2.75, 3.05) is 31.6 Å². The van der Waals surface area contributed by atoms with Gasteiger partial charge in [0.1, 0.15) is 0 Å². The van der Waals surface area contributed by atoms with Gasteiger partial charge in [-0.2, -0.15) is 0 Å². The molecule has 0 saturated carbocycles. The van der Waals surface area contributed by atoms with Crippen molar-refractivity contribution in [1.82, 2.24) is 10.2 Å². The van der Waals surface area contributed by atoms with Gasteiger partial charge in [0.15, 0.2) is 0 Å². The van der Waals surface area contributed by atoms with Crippen LogP contribution in [0.2, 0.25) is 0 Å². The van der Waals surface area contributed by atoms with E-state index in [2.05, 4.69) is 63.6 Å². The largest absolute Gasteiger partial charge is 0.369 e. The minimum atomic E-state index is -0.0687. The molecule has 4 heteroatoms. The number of hydrogen-bond donors (Lipinski definition) is 1. The molecule has 0 fully saturated rings. The first-order valence-electron chi connectivity index (χ1n) is 9.10. The summed E-state index contributed by atoms with van der Waals surface area (Å²) in [7, 11) is 2.04. The van der Waals surface area contributed by atoms with Gasteiger partial charge >= 0.3 is 0 Å². The molecule has 1 amide bonds. The Morgan fingerprint density at radius 3 is 2.64 bits per heavy atom. The van der Waals surface area contributed by atoms with Crippen LogP contribution >= 0.6 is 0 Å². The smallest absolute Gasteiger partial charge is 0.237 e. The van der Waals surface area contributed by atoms with E-state index in [1.165, 1.54) is 22.4 Å². The second-order valence-corrected chi connectivity index (χ2v) is 7.06. The molecular weight excluding hydrogens is 310 g/mol. The Labute approximate surface area is 149 Å². The standard InChI is InChI=1S/C21H25N3O/c1-23-15-18-8-3-2-7-17(18)14-20(23)21(25)22-11-13-24-12-10-16-6-4-5-9-19(16)24/h2-9,20H,10-15H2,1H3,(H,22,25). The van der Waals surface area contributed by atoms with Crippen molar-refractivity contribution in [3.05, 3.63) is 65.2 Å². The normalized spacial score (nSPS) is 19.4. The lowest BCUT2D eigenvalue weighted by Crippen LogP contribution is -2.49. The Hall–Kier alpha value is -2.33. The number of para-hydroxylation sites is 1. The fourth-order valence-corrected chi connectivity index (χ4v) is 4.02. The summed E-state index contributed by atoms with van der Waals surface area (Å²) in [6, 6.07) is 16.9.